The Bertz CT molecular complexity index is 987. The summed E-state index contributed by atoms with van der Waals surface area (Å²) in [6, 6.07) is -0.562. The molecule has 3 aliphatic rings. The second-order valence-electron chi connectivity index (χ2n) is 10.7. The fourth-order valence-corrected chi connectivity index (χ4v) is 7.86. The SMILES string of the molecule is BC1CN(C(=O)CCC(=O)O)CC(COP(=O)(N2CCN(C(=O)CCC(=O)O)CC2)N2CC(B)OC(COC)C2)O1. The molecule has 0 saturated carbocycles. The standard InChI is InChI=1S/C23H41B2N4O11P/c1-37-14-17-11-29(13-19(25)40-17)41(36,28-8-6-26(7-9-28)20(30)2-4-22(32)33)38-15-16-10-27(12-18(24)39-16)21(31)3-5-23(34)35/h16-19H,2-15,24-25H2,1H3,(H,32,33)(H,34,35). The molecule has 15 nitrogen and oxygen atoms in total. The molecule has 230 valence electrons. The lowest BCUT2D eigenvalue weighted by atomic mass is 9.97. The van der Waals surface area contributed by atoms with Gasteiger partial charge in [-0.15, -0.1) is 0 Å². The molecule has 2 amide bonds. The van der Waals surface area contributed by atoms with Crippen LogP contribution in [0, 0.1) is 0 Å². The van der Waals surface area contributed by atoms with Gasteiger partial charge >= 0.3 is 19.6 Å². The van der Waals surface area contributed by atoms with Crippen molar-refractivity contribution in [1.82, 2.24) is 19.1 Å². The maximum Gasteiger partial charge on any atom is 0.346 e. The molecule has 18 heteroatoms. The van der Waals surface area contributed by atoms with Gasteiger partial charge in [0, 0.05) is 84.3 Å². The third-order valence-corrected chi connectivity index (χ3v) is 9.84. The first kappa shape index (κ1) is 33.5. The van der Waals surface area contributed by atoms with Gasteiger partial charge in [-0.2, -0.15) is 0 Å². The minimum Gasteiger partial charge on any atom is -0.481 e. The predicted octanol–water partition coefficient (Wildman–Crippen LogP) is -2.52. The van der Waals surface area contributed by atoms with E-state index < -0.39 is 25.7 Å². The van der Waals surface area contributed by atoms with Crippen LogP contribution in [0.4, 0.5) is 0 Å². The zero-order chi connectivity index (χ0) is 30.2. The maximum atomic E-state index is 14.8. The van der Waals surface area contributed by atoms with E-state index in [4.69, 9.17) is 28.9 Å². The summed E-state index contributed by atoms with van der Waals surface area (Å²) in [7, 11) is 1.58. The Morgan fingerprint density at radius 3 is 1.85 bits per heavy atom. The third kappa shape index (κ3) is 9.77. The molecule has 5 atom stereocenters. The molecule has 3 saturated heterocycles. The number of hydrogen-bond donors (Lipinski definition) is 2. The maximum absolute atomic E-state index is 14.8. The minimum absolute atomic E-state index is 0.0667. The van der Waals surface area contributed by atoms with Crippen LogP contribution in [0.5, 0.6) is 0 Å². The van der Waals surface area contributed by atoms with E-state index in [1.165, 1.54) is 0 Å². The van der Waals surface area contributed by atoms with Gasteiger partial charge in [-0.25, -0.2) is 9.34 Å². The Kier molecular flexibility index (Phi) is 12.6. The quantitative estimate of drug-likeness (QED) is 0.167. The average Bonchev–Trinajstić information content (AvgIpc) is 2.93. The van der Waals surface area contributed by atoms with Crippen LogP contribution in [0.2, 0.25) is 0 Å². The highest BCUT2D eigenvalue weighted by molar-refractivity contribution is 7.54. The van der Waals surface area contributed by atoms with Gasteiger partial charge in [0.15, 0.2) is 0 Å². The number of piperazine rings is 1. The molecular formula is C23H41B2N4O11P. The molecule has 2 N–H and O–H groups in total. The van der Waals surface area contributed by atoms with Gasteiger partial charge in [0.25, 0.3) is 0 Å². The van der Waals surface area contributed by atoms with Gasteiger partial charge in [-0.3, -0.25) is 23.7 Å². The van der Waals surface area contributed by atoms with E-state index in [1.54, 1.807) is 26.3 Å². The van der Waals surface area contributed by atoms with Gasteiger partial charge in [0.05, 0.1) is 38.3 Å². The molecule has 0 aromatic carbocycles. The van der Waals surface area contributed by atoms with Gasteiger partial charge in [0.2, 0.25) is 11.8 Å². The Balaban J connectivity index is 1.72. The van der Waals surface area contributed by atoms with E-state index in [0.717, 1.165) is 0 Å². The molecule has 5 unspecified atom stereocenters. The summed E-state index contributed by atoms with van der Waals surface area (Å²) in [4.78, 5) is 50.0. The Labute approximate surface area is 241 Å². The van der Waals surface area contributed by atoms with Crippen molar-refractivity contribution in [2.45, 2.75) is 49.9 Å². The third-order valence-electron chi connectivity index (χ3n) is 7.20. The van der Waals surface area contributed by atoms with Crippen LogP contribution in [0.1, 0.15) is 25.7 Å². The molecule has 0 bridgehead atoms. The molecule has 0 radical (unpaired) electrons. The van der Waals surface area contributed by atoms with Crippen molar-refractivity contribution in [1.29, 1.82) is 0 Å². The van der Waals surface area contributed by atoms with E-state index in [1.807, 2.05) is 15.7 Å². The first-order chi connectivity index (χ1) is 19.4. The fourth-order valence-electron chi connectivity index (χ4n) is 5.31. The number of amides is 2. The van der Waals surface area contributed by atoms with Crippen LogP contribution < -0.4 is 0 Å². The number of carboxylic acids is 2. The number of rotatable bonds is 13. The van der Waals surface area contributed by atoms with Crippen molar-refractivity contribution in [3.8, 4) is 0 Å². The highest BCUT2D eigenvalue weighted by Crippen LogP contribution is 2.55. The highest BCUT2D eigenvalue weighted by Gasteiger charge is 2.45. The van der Waals surface area contributed by atoms with E-state index in [2.05, 4.69) is 0 Å². The van der Waals surface area contributed by atoms with Crippen LogP contribution >= 0.6 is 7.67 Å². The van der Waals surface area contributed by atoms with Gasteiger partial charge < -0.3 is 38.7 Å². The Morgan fingerprint density at radius 1 is 0.756 bits per heavy atom. The molecular weight excluding hydrogens is 561 g/mol. The van der Waals surface area contributed by atoms with Crippen LogP contribution in [-0.2, 0) is 42.5 Å². The number of ether oxygens (including phenoxy) is 3. The topological polar surface area (TPSA) is 176 Å². The lowest BCUT2D eigenvalue weighted by Crippen LogP contribution is -2.54. The number of hydrogen-bond acceptors (Lipinski definition) is 9. The molecule has 3 fully saturated rings. The molecule has 0 spiro atoms. The van der Waals surface area contributed by atoms with Crippen molar-refractivity contribution in [2.75, 3.05) is 72.7 Å². The Hall–Kier alpha value is -2.00. The number of morpholine rings is 2. The smallest absolute Gasteiger partial charge is 0.346 e. The summed E-state index contributed by atoms with van der Waals surface area (Å²) < 4.78 is 41.8. The van der Waals surface area contributed by atoms with E-state index in [9.17, 15) is 23.7 Å². The van der Waals surface area contributed by atoms with Crippen LogP contribution in [0.3, 0.4) is 0 Å². The van der Waals surface area contributed by atoms with Crippen molar-refractivity contribution in [2.24, 2.45) is 0 Å². The summed E-state index contributed by atoms with van der Waals surface area (Å²) in [5, 5.41) is 17.8. The molecule has 0 aliphatic carbocycles. The van der Waals surface area contributed by atoms with Crippen LogP contribution in [0.25, 0.3) is 0 Å². The normalized spacial score (nSPS) is 27.7. The predicted molar refractivity (Wildman–Crippen MR) is 150 cm³/mol. The van der Waals surface area contributed by atoms with Crippen molar-refractivity contribution in [3.05, 3.63) is 0 Å². The number of carbonyl (C=O) groups is 4. The molecule has 3 rings (SSSR count). The van der Waals surface area contributed by atoms with Crippen LogP contribution in [-0.4, -0.2) is 166 Å². The Morgan fingerprint density at radius 2 is 1.29 bits per heavy atom. The first-order valence-electron chi connectivity index (χ1n) is 14.0. The van der Waals surface area contributed by atoms with Crippen molar-refractivity contribution in [3.63, 3.8) is 0 Å². The second kappa shape index (κ2) is 15.5. The highest BCUT2D eigenvalue weighted by atomic mass is 31.2. The summed E-state index contributed by atoms with van der Waals surface area (Å²) in [5.74, 6) is -2.64. The van der Waals surface area contributed by atoms with Gasteiger partial charge in [-0.05, 0) is 0 Å². The molecule has 0 aromatic heterocycles. The zero-order valence-electron chi connectivity index (χ0n) is 24.0. The second-order valence-corrected chi connectivity index (χ2v) is 13.0. The van der Waals surface area contributed by atoms with E-state index in [0.29, 0.717) is 26.2 Å². The largest absolute Gasteiger partial charge is 0.481 e. The first-order valence-corrected chi connectivity index (χ1v) is 15.5. The van der Waals surface area contributed by atoms with Gasteiger partial charge in [0.1, 0.15) is 15.7 Å². The molecule has 0 aromatic rings. The minimum atomic E-state index is -3.67. The number of carboxylic acid groups (broad SMARTS) is 2. The average molecular weight is 602 g/mol. The molecule has 3 aliphatic heterocycles. The van der Waals surface area contributed by atoms with Crippen molar-refractivity contribution >= 4 is 47.1 Å². The number of carbonyl (C=O) groups excluding carboxylic acids is 2. The monoisotopic (exact) mass is 602 g/mol. The summed E-state index contributed by atoms with van der Waals surface area (Å²) in [5.41, 5.74) is 0. The molecule has 41 heavy (non-hydrogen) atoms. The van der Waals surface area contributed by atoms with Crippen molar-refractivity contribution < 1.29 is 52.7 Å². The number of aliphatic carboxylic acids is 2. The van der Waals surface area contributed by atoms with E-state index in [-0.39, 0.29) is 94.9 Å². The van der Waals surface area contributed by atoms with Crippen LogP contribution in [0.15, 0.2) is 0 Å². The summed E-state index contributed by atoms with van der Waals surface area (Å²) in [6.07, 6.45) is -1.62. The zero-order valence-corrected chi connectivity index (χ0v) is 24.9. The lowest BCUT2D eigenvalue weighted by Gasteiger charge is -2.46. The summed E-state index contributed by atoms with van der Waals surface area (Å²) >= 11 is 0. The number of nitrogens with zero attached hydrogens (tertiary/aromatic N) is 4. The number of methoxy groups -OCH3 is 1. The summed E-state index contributed by atoms with van der Waals surface area (Å²) in [6.45, 7) is 2.46. The van der Waals surface area contributed by atoms with Gasteiger partial charge in [-0.1, -0.05) is 0 Å². The van der Waals surface area contributed by atoms with E-state index >= 15 is 0 Å². The lowest BCUT2D eigenvalue weighted by molar-refractivity contribution is -0.146. The molecule has 3 heterocycles. The fraction of sp³-hybridized carbons (Fsp3) is 0.826.